The molecule has 0 aliphatic carbocycles. The molecule has 96 valence electrons. The number of hydrogen-bond acceptors (Lipinski definition) is 5. The number of rotatable bonds is 5. The standard InChI is InChI=1S/C11H15N5OS/c1-16-5-4-14-8(16)2-3-15-9-6-7(12)10(18-9)11(13)17/h4-6,15H,2-3,12H2,1H3,(H2,13,17). The number of amides is 1. The first-order valence-electron chi connectivity index (χ1n) is 5.47. The van der Waals surface area contributed by atoms with E-state index in [-0.39, 0.29) is 0 Å². The summed E-state index contributed by atoms with van der Waals surface area (Å²) in [7, 11) is 1.96. The summed E-state index contributed by atoms with van der Waals surface area (Å²) in [4.78, 5) is 15.7. The Morgan fingerprint density at radius 2 is 2.39 bits per heavy atom. The van der Waals surface area contributed by atoms with Crippen molar-refractivity contribution in [3.8, 4) is 0 Å². The van der Waals surface area contributed by atoms with Crippen molar-refractivity contribution in [2.24, 2.45) is 12.8 Å². The van der Waals surface area contributed by atoms with Crippen LogP contribution >= 0.6 is 11.3 Å². The van der Waals surface area contributed by atoms with Crippen molar-refractivity contribution in [2.45, 2.75) is 6.42 Å². The minimum Gasteiger partial charge on any atom is -0.397 e. The van der Waals surface area contributed by atoms with E-state index in [1.54, 1.807) is 12.3 Å². The zero-order chi connectivity index (χ0) is 13.1. The molecule has 0 bridgehead atoms. The topological polar surface area (TPSA) is 99.0 Å². The zero-order valence-corrected chi connectivity index (χ0v) is 10.8. The molecule has 0 aliphatic heterocycles. The van der Waals surface area contributed by atoms with Gasteiger partial charge in [0.15, 0.2) is 0 Å². The Kier molecular flexibility index (Phi) is 3.52. The molecule has 0 saturated carbocycles. The second kappa shape index (κ2) is 5.09. The van der Waals surface area contributed by atoms with Gasteiger partial charge in [0, 0.05) is 32.4 Å². The molecule has 0 saturated heterocycles. The first-order valence-corrected chi connectivity index (χ1v) is 6.28. The molecular formula is C11H15N5OS. The molecule has 0 radical (unpaired) electrons. The molecule has 0 fully saturated rings. The number of thiophene rings is 1. The van der Waals surface area contributed by atoms with Crippen LogP contribution in [0, 0.1) is 0 Å². The molecule has 0 aromatic carbocycles. The first kappa shape index (κ1) is 12.4. The van der Waals surface area contributed by atoms with Crippen molar-refractivity contribution in [1.29, 1.82) is 0 Å². The van der Waals surface area contributed by atoms with Gasteiger partial charge in [0.25, 0.3) is 5.91 Å². The Balaban J connectivity index is 1.93. The fourth-order valence-electron chi connectivity index (χ4n) is 1.62. The Morgan fingerprint density at radius 1 is 1.61 bits per heavy atom. The highest BCUT2D eigenvalue weighted by molar-refractivity contribution is 7.18. The summed E-state index contributed by atoms with van der Waals surface area (Å²) >= 11 is 1.27. The van der Waals surface area contributed by atoms with Crippen LogP contribution in [0.3, 0.4) is 0 Å². The molecule has 0 unspecified atom stereocenters. The van der Waals surface area contributed by atoms with E-state index in [0.29, 0.717) is 10.6 Å². The lowest BCUT2D eigenvalue weighted by molar-refractivity contribution is 0.100. The molecule has 2 heterocycles. The largest absolute Gasteiger partial charge is 0.397 e. The van der Waals surface area contributed by atoms with E-state index in [1.807, 2.05) is 17.8 Å². The number of hydrogen-bond donors (Lipinski definition) is 3. The number of primary amides is 1. The number of imidazole rings is 1. The highest BCUT2D eigenvalue weighted by atomic mass is 32.1. The van der Waals surface area contributed by atoms with Gasteiger partial charge in [-0.2, -0.15) is 0 Å². The number of carbonyl (C=O) groups is 1. The number of anilines is 2. The van der Waals surface area contributed by atoms with Crippen LogP contribution in [-0.4, -0.2) is 22.0 Å². The van der Waals surface area contributed by atoms with Crippen molar-refractivity contribution < 1.29 is 4.79 Å². The molecule has 6 nitrogen and oxygen atoms in total. The van der Waals surface area contributed by atoms with Crippen LogP contribution in [0.4, 0.5) is 10.7 Å². The number of aromatic nitrogens is 2. The fraction of sp³-hybridized carbons (Fsp3) is 0.273. The Labute approximate surface area is 109 Å². The molecule has 0 atom stereocenters. The van der Waals surface area contributed by atoms with E-state index in [4.69, 9.17) is 11.5 Å². The van der Waals surface area contributed by atoms with Gasteiger partial charge in [-0.15, -0.1) is 11.3 Å². The van der Waals surface area contributed by atoms with E-state index in [2.05, 4.69) is 10.3 Å². The van der Waals surface area contributed by atoms with Crippen molar-refractivity contribution in [3.63, 3.8) is 0 Å². The third-order valence-corrected chi connectivity index (χ3v) is 3.68. The zero-order valence-electron chi connectivity index (χ0n) is 10.0. The maximum atomic E-state index is 11.1. The van der Waals surface area contributed by atoms with Gasteiger partial charge in [-0.05, 0) is 6.07 Å². The van der Waals surface area contributed by atoms with Gasteiger partial charge in [-0.3, -0.25) is 4.79 Å². The molecule has 2 aromatic heterocycles. The summed E-state index contributed by atoms with van der Waals surface area (Å²) in [6.07, 6.45) is 4.47. The number of carbonyl (C=O) groups excluding carboxylic acids is 1. The van der Waals surface area contributed by atoms with Crippen molar-refractivity contribution >= 4 is 27.9 Å². The predicted octanol–water partition coefficient (Wildman–Crippen LogP) is 0.817. The third-order valence-electron chi connectivity index (χ3n) is 2.55. The van der Waals surface area contributed by atoms with Gasteiger partial charge in [0.05, 0.1) is 10.7 Å². The number of nitrogens with zero attached hydrogens (tertiary/aromatic N) is 2. The highest BCUT2D eigenvalue weighted by Crippen LogP contribution is 2.28. The summed E-state index contributed by atoms with van der Waals surface area (Å²) in [5.74, 6) is 0.511. The molecule has 18 heavy (non-hydrogen) atoms. The maximum absolute atomic E-state index is 11.1. The summed E-state index contributed by atoms with van der Waals surface area (Å²) in [5.41, 5.74) is 11.3. The van der Waals surface area contributed by atoms with Gasteiger partial charge >= 0.3 is 0 Å². The summed E-state index contributed by atoms with van der Waals surface area (Å²) in [6, 6.07) is 1.73. The predicted molar refractivity (Wildman–Crippen MR) is 72.7 cm³/mol. The van der Waals surface area contributed by atoms with Gasteiger partial charge in [0.1, 0.15) is 10.7 Å². The first-order chi connectivity index (χ1) is 8.58. The molecule has 0 aliphatic rings. The van der Waals surface area contributed by atoms with Crippen LogP contribution < -0.4 is 16.8 Å². The average Bonchev–Trinajstić information content (AvgIpc) is 2.86. The lowest BCUT2D eigenvalue weighted by Gasteiger charge is -2.03. The van der Waals surface area contributed by atoms with Gasteiger partial charge < -0.3 is 21.4 Å². The Hall–Kier alpha value is -2.02. The molecule has 7 heteroatoms. The minimum absolute atomic E-state index is 0.398. The molecular weight excluding hydrogens is 250 g/mol. The lowest BCUT2D eigenvalue weighted by atomic mass is 10.3. The number of nitrogen functional groups attached to an aromatic ring is 1. The van der Waals surface area contributed by atoms with Crippen molar-refractivity contribution in [1.82, 2.24) is 9.55 Å². The molecule has 5 N–H and O–H groups in total. The average molecular weight is 265 g/mol. The number of nitrogens with two attached hydrogens (primary N) is 2. The SMILES string of the molecule is Cn1ccnc1CCNc1cc(N)c(C(N)=O)s1. The van der Waals surface area contributed by atoms with Crippen molar-refractivity contribution in [3.05, 3.63) is 29.2 Å². The summed E-state index contributed by atoms with van der Waals surface area (Å²) in [5, 5.41) is 4.05. The molecule has 1 amide bonds. The van der Waals surface area contributed by atoms with Crippen LogP contribution in [0.25, 0.3) is 0 Å². The summed E-state index contributed by atoms with van der Waals surface area (Å²) < 4.78 is 1.97. The fourth-order valence-corrected chi connectivity index (χ4v) is 2.48. The van der Waals surface area contributed by atoms with Crippen LogP contribution in [0.2, 0.25) is 0 Å². The highest BCUT2D eigenvalue weighted by Gasteiger charge is 2.10. The molecule has 0 spiro atoms. The van der Waals surface area contributed by atoms with E-state index in [9.17, 15) is 4.79 Å². The van der Waals surface area contributed by atoms with E-state index in [1.165, 1.54) is 11.3 Å². The van der Waals surface area contributed by atoms with E-state index >= 15 is 0 Å². The number of aryl methyl sites for hydroxylation is 1. The van der Waals surface area contributed by atoms with Crippen LogP contribution in [0.5, 0.6) is 0 Å². The Bertz CT molecular complexity index is 560. The van der Waals surface area contributed by atoms with Crippen LogP contribution in [-0.2, 0) is 13.5 Å². The monoisotopic (exact) mass is 265 g/mol. The molecule has 2 rings (SSSR count). The third kappa shape index (κ3) is 2.62. The Morgan fingerprint density at radius 3 is 2.94 bits per heavy atom. The second-order valence-electron chi connectivity index (χ2n) is 3.89. The van der Waals surface area contributed by atoms with Gasteiger partial charge in [-0.1, -0.05) is 0 Å². The van der Waals surface area contributed by atoms with Crippen molar-refractivity contribution in [2.75, 3.05) is 17.6 Å². The summed E-state index contributed by atoms with van der Waals surface area (Å²) in [6.45, 7) is 0.725. The van der Waals surface area contributed by atoms with Gasteiger partial charge in [0.2, 0.25) is 0 Å². The molecule has 2 aromatic rings. The van der Waals surface area contributed by atoms with Crippen LogP contribution in [0.1, 0.15) is 15.5 Å². The quantitative estimate of drug-likeness (QED) is 0.745. The van der Waals surface area contributed by atoms with Crippen LogP contribution in [0.15, 0.2) is 18.5 Å². The van der Waals surface area contributed by atoms with Gasteiger partial charge in [-0.25, -0.2) is 4.98 Å². The maximum Gasteiger partial charge on any atom is 0.260 e. The number of nitrogens with one attached hydrogen (secondary N) is 1. The lowest BCUT2D eigenvalue weighted by Crippen LogP contribution is -2.10. The second-order valence-corrected chi connectivity index (χ2v) is 4.94. The minimum atomic E-state index is -0.491. The van der Waals surface area contributed by atoms with E-state index in [0.717, 1.165) is 23.8 Å². The normalized spacial score (nSPS) is 10.5. The smallest absolute Gasteiger partial charge is 0.260 e. The van der Waals surface area contributed by atoms with E-state index < -0.39 is 5.91 Å².